The van der Waals surface area contributed by atoms with Gasteiger partial charge in [0.2, 0.25) is 0 Å². The number of rotatable bonds is 11. The van der Waals surface area contributed by atoms with Gasteiger partial charge in [0, 0.05) is 39.4 Å². The Bertz CT molecular complexity index is 1270. The van der Waals surface area contributed by atoms with E-state index in [0.29, 0.717) is 5.69 Å². The first kappa shape index (κ1) is 29.8. The molecule has 0 bridgehead atoms. The number of anilines is 2. The van der Waals surface area contributed by atoms with E-state index in [1.54, 1.807) is 12.1 Å². The molecule has 13 heteroatoms. The van der Waals surface area contributed by atoms with Crippen molar-refractivity contribution in [2.75, 3.05) is 18.1 Å². The van der Waals surface area contributed by atoms with Crippen LogP contribution in [0.5, 0.6) is 0 Å². The highest BCUT2D eigenvalue weighted by molar-refractivity contribution is 5.69. The summed E-state index contributed by atoms with van der Waals surface area (Å²) >= 11 is 0. The molecule has 0 spiro atoms. The van der Waals surface area contributed by atoms with Crippen molar-refractivity contribution in [3.8, 4) is 0 Å². The molecule has 2 N–H and O–H groups in total. The summed E-state index contributed by atoms with van der Waals surface area (Å²) in [5, 5.41) is 0. The van der Waals surface area contributed by atoms with Gasteiger partial charge in [0.15, 0.2) is 18.3 Å². The number of nitrogens with zero attached hydrogens (tertiary/aromatic N) is 1. The molecule has 1 aromatic heterocycles. The van der Waals surface area contributed by atoms with E-state index in [4.69, 9.17) is 18.9 Å². The summed E-state index contributed by atoms with van der Waals surface area (Å²) in [5.74, 6) is -2.98. The molecule has 0 aliphatic rings. The molecule has 0 amide bonds. The first-order chi connectivity index (χ1) is 17.8. The zero-order chi connectivity index (χ0) is 28.6. The minimum Gasteiger partial charge on any atom is -0.462 e. The van der Waals surface area contributed by atoms with E-state index in [-0.39, 0.29) is 12.4 Å². The van der Waals surface area contributed by atoms with Gasteiger partial charge in [0.25, 0.3) is 5.56 Å². The van der Waals surface area contributed by atoms with E-state index < -0.39 is 60.0 Å². The molecule has 2 aromatic rings. The number of esters is 4. The number of ether oxygens (including phenoxy) is 4. The minimum atomic E-state index is -1.44. The van der Waals surface area contributed by atoms with Gasteiger partial charge < -0.3 is 23.8 Å². The van der Waals surface area contributed by atoms with Crippen LogP contribution in [0.15, 0.2) is 33.9 Å². The van der Waals surface area contributed by atoms with Crippen LogP contribution in [-0.2, 0) is 38.1 Å². The molecule has 1 aromatic carbocycles. The zero-order valence-electron chi connectivity index (χ0n) is 22.0. The lowest BCUT2D eigenvalue weighted by atomic mass is 10.0. The average molecular weight is 534 g/mol. The number of aryl methyl sites for hydroxylation is 2. The summed E-state index contributed by atoms with van der Waals surface area (Å²) < 4.78 is 21.2. The number of hydrogen-bond acceptors (Lipinski definition) is 11. The van der Waals surface area contributed by atoms with Crippen molar-refractivity contribution in [2.24, 2.45) is 0 Å². The van der Waals surface area contributed by atoms with Gasteiger partial charge in [-0.1, -0.05) is 6.07 Å². The van der Waals surface area contributed by atoms with Crippen molar-refractivity contribution in [1.82, 2.24) is 9.97 Å². The molecule has 0 aliphatic heterocycles. The fourth-order valence-corrected chi connectivity index (χ4v) is 3.63. The lowest BCUT2D eigenvalue weighted by Crippen LogP contribution is -2.51. The molecule has 1 heterocycles. The van der Waals surface area contributed by atoms with Crippen molar-refractivity contribution in [3.05, 3.63) is 56.2 Å². The Labute approximate surface area is 218 Å². The van der Waals surface area contributed by atoms with E-state index in [1.807, 2.05) is 19.9 Å². The van der Waals surface area contributed by atoms with Gasteiger partial charge in [-0.2, -0.15) is 0 Å². The van der Waals surface area contributed by atoms with Crippen molar-refractivity contribution in [1.29, 1.82) is 0 Å². The van der Waals surface area contributed by atoms with Crippen LogP contribution in [0, 0.1) is 13.8 Å². The predicted octanol–water partition coefficient (Wildman–Crippen LogP) is 1.18. The average Bonchev–Trinajstić information content (AvgIpc) is 2.78. The monoisotopic (exact) mass is 533 g/mol. The second kappa shape index (κ2) is 13.2. The minimum absolute atomic E-state index is 0.0461. The molecule has 38 heavy (non-hydrogen) atoms. The van der Waals surface area contributed by atoms with Crippen molar-refractivity contribution in [3.63, 3.8) is 0 Å². The fourth-order valence-electron chi connectivity index (χ4n) is 3.63. The molecule has 0 aliphatic carbocycles. The first-order valence-electron chi connectivity index (χ1n) is 11.6. The van der Waals surface area contributed by atoms with Crippen LogP contribution in [0.3, 0.4) is 0 Å². The summed E-state index contributed by atoms with van der Waals surface area (Å²) in [6, 6.07) is 6.44. The predicted molar refractivity (Wildman–Crippen MR) is 134 cm³/mol. The molecule has 206 valence electrons. The summed E-state index contributed by atoms with van der Waals surface area (Å²) in [6.45, 7) is 7.44. The van der Waals surface area contributed by atoms with E-state index in [0.717, 1.165) is 44.9 Å². The van der Waals surface area contributed by atoms with E-state index in [9.17, 15) is 28.8 Å². The van der Waals surface area contributed by atoms with Crippen LogP contribution in [0.1, 0.15) is 38.8 Å². The van der Waals surface area contributed by atoms with E-state index >= 15 is 0 Å². The molecule has 0 unspecified atom stereocenters. The molecule has 2 rings (SSSR count). The maximum absolute atomic E-state index is 12.1. The zero-order valence-corrected chi connectivity index (χ0v) is 22.0. The van der Waals surface area contributed by atoms with Gasteiger partial charge in [-0.05, 0) is 37.1 Å². The Hall–Kier alpha value is -4.42. The Balaban J connectivity index is 2.68. The maximum Gasteiger partial charge on any atom is 0.327 e. The quantitative estimate of drug-likeness (QED) is 0.313. The normalized spacial score (nSPS) is 13.0. The van der Waals surface area contributed by atoms with Gasteiger partial charge in [-0.25, -0.2) is 4.79 Å². The number of carbonyl (C=O) groups is 4. The number of carbonyl (C=O) groups excluding carboxylic acids is 4. The number of aromatic nitrogens is 2. The standard InChI is InChI=1S/C25H31N3O10/c1-13-7-8-19(9-14(13)2)28(22-10-23(33)27-25(34)26-22)11-20(36-16(4)30)24(38-18(6)32)21(37-17(5)31)12-35-15(3)29/h7-10,20-21,24H,11-12H2,1-6H3,(H2,26,27,33,34)/t20-,21+,24-/m0/s1. The molecule has 3 atom stereocenters. The lowest BCUT2D eigenvalue weighted by Gasteiger charge is -2.35. The van der Waals surface area contributed by atoms with Gasteiger partial charge in [-0.3, -0.25) is 33.9 Å². The van der Waals surface area contributed by atoms with E-state index in [2.05, 4.69) is 9.97 Å². The third-order valence-electron chi connectivity index (χ3n) is 5.32. The summed E-state index contributed by atoms with van der Waals surface area (Å²) in [4.78, 5) is 77.8. The molecule has 13 nitrogen and oxygen atoms in total. The highest BCUT2D eigenvalue weighted by Gasteiger charge is 2.39. The molecular weight excluding hydrogens is 502 g/mol. The molecule has 0 saturated heterocycles. The van der Waals surface area contributed by atoms with Crippen LogP contribution in [0.25, 0.3) is 0 Å². The Kier molecular flexibility index (Phi) is 10.4. The number of benzene rings is 1. The van der Waals surface area contributed by atoms with E-state index in [1.165, 1.54) is 4.90 Å². The highest BCUT2D eigenvalue weighted by Crippen LogP contribution is 2.27. The van der Waals surface area contributed by atoms with Crippen LogP contribution in [0.4, 0.5) is 11.5 Å². The number of H-pyrrole nitrogens is 2. The largest absolute Gasteiger partial charge is 0.462 e. The smallest absolute Gasteiger partial charge is 0.327 e. The topological polar surface area (TPSA) is 174 Å². The highest BCUT2D eigenvalue weighted by atomic mass is 16.6. The van der Waals surface area contributed by atoms with Crippen molar-refractivity contribution < 1.29 is 38.1 Å². The Morgan fingerprint density at radius 2 is 1.39 bits per heavy atom. The lowest BCUT2D eigenvalue weighted by molar-refractivity contribution is -0.188. The molecule has 0 radical (unpaired) electrons. The van der Waals surface area contributed by atoms with Crippen LogP contribution >= 0.6 is 0 Å². The Morgan fingerprint density at radius 3 is 1.92 bits per heavy atom. The third-order valence-corrected chi connectivity index (χ3v) is 5.32. The van der Waals surface area contributed by atoms with Gasteiger partial charge in [0.05, 0.1) is 6.54 Å². The fraction of sp³-hybridized carbons (Fsp3) is 0.440. The molecular formula is C25H31N3O10. The van der Waals surface area contributed by atoms with Crippen molar-refractivity contribution in [2.45, 2.75) is 59.9 Å². The summed E-state index contributed by atoms with van der Waals surface area (Å²) in [7, 11) is 0. The van der Waals surface area contributed by atoms with Gasteiger partial charge >= 0.3 is 29.6 Å². The first-order valence-corrected chi connectivity index (χ1v) is 11.6. The number of nitrogens with one attached hydrogen (secondary N) is 2. The third kappa shape index (κ3) is 8.91. The van der Waals surface area contributed by atoms with Crippen molar-refractivity contribution >= 4 is 35.4 Å². The van der Waals surface area contributed by atoms with Gasteiger partial charge in [-0.15, -0.1) is 0 Å². The second-order valence-corrected chi connectivity index (χ2v) is 8.52. The van der Waals surface area contributed by atoms with Gasteiger partial charge in [0.1, 0.15) is 12.4 Å². The molecule has 0 saturated carbocycles. The Morgan fingerprint density at radius 1 is 0.789 bits per heavy atom. The second-order valence-electron chi connectivity index (χ2n) is 8.52. The molecule has 0 fully saturated rings. The maximum atomic E-state index is 12.1. The number of aromatic amines is 2. The summed E-state index contributed by atoms with van der Waals surface area (Å²) in [6.07, 6.45) is -4.13. The van der Waals surface area contributed by atoms with Crippen LogP contribution < -0.4 is 16.1 Å². The number of hydrogen-bond donors (Lipinski definition) is 2. The SMILES string of the molecule is CC(=O)OC[C@@H](OC(C)=O)[C@@H](OC(C)=O)[C@H](CN(c1ccc(C)c(C)c1)c1cc(=O)[nH]c(=O)[nH]1)OC(C)=O. The van der Waals surface area contributed by atoms with Crippen LogP contribution in [0.2, 0.25) is 0 Å². The summed E-state index contributed by atoms with van der Waals surface area (Å²) in [5.41, 5.74) is 0.879. The van der Waals surface area contributed by atoms with Crippen LogP contribution in [-0.4, -0.2) is 65.3 Å².